The molecule has 1 aromatic heterocycles. The first-order chi connectivity index (χ1) is 14.4. The molecule has 4 rings (SSSR count). The van der Waals surface area contributed by atoms with E-state index in [0.29, 0.717) is 30.5 Å². The van der Waals surface area contributed by atoms with Crippen LogP contribution >= 0.6 is 0 Å². The van der Waals surface area contributed by atoms with Gasteiger partial charge >= 0.3 is 0 Å². The average Bonchev–Trinajstić information content (AvgIpc) is 3.23. The van der Waals surface area contributed by atoms with Crippen LogP contribution in [0, 0.1) is 12.7 Å². The van der Waals surface area contributed by atoms with E-state index in [1.807, 2.05) is 44.2 Å². The SMILES string of the molecule is CC(=O)c1c(F)cccc1N1CCN(C(C)c2nc(-c3ccc(C)cc3)no2)CC1. The third-order valence-corrected chi connectivity index (χ3v) is 5.66. The molecule has 30 heavy (non-hydrogen) atoms. The monoisotopic (exact) mass is 408 g/mol. The van der Waals surface area contributed by atoms with Crippen molar-refractivity contribution >= 4 is 11.5 Å². The Kier molecular flexibility index (Phi) is 5.63. The van der Waals surface area contributed by atoms with Crippen molar-refractivity contribution in [3.05, 3.63) is 65.3 Å². The van der Waals surface area contributed by atoms with Crippen molar-refractivity contribution in [2.75, 3.05) is 31.1 Å². The number of halogens is 1. The second-order valence-corrected chi connectivity index (χ2v) is 7.71. The Morgan fingerprint density at radius 1 is 1.10 bits per heavy atom. The summed E-state index contributed by atoms with van der Waals surface area (Å²) in [4.78, 5) is 20.8. The number of anilines is 1. The number of rotatable bonds is 5. The molecular formula is C23H25FN4O2. The van der Waals surface area contributed by atoms with Gasteiger partial charge in [0.2, 0.25) is 11.7 Å². The lowest BCUT2D eigenvalue weighted by Gasteiger charge is -2.38. The first kappa shape index (κ1) is 20.2. The second-order valence-electron chi connectivity index (χ2n) is 7.71. The fourth-order valence-electron chi connectivity index (χ4n) is 3.86. The average molecular weight is 408 g/mol. The zero-order valence-electron chi connectivity index (χ0n) is 17.4. The fourth-order valence-corrected chi connectivity index (χ4v) is 3.86. The minimum atomic E-state index is -0.467. The molecule has 1 unspecified atom stereocenters. The number of piperazine rings is 1. The second kappa shape index (κ2) is 8.36. The summed E-state index contributed by atoms with van der Waals surface area (Å²) >= 11 is 0. The fraction of sp³-hybridized carbons (Fsp3) is 0.348. The summed E-state index contributed by atoms with van der Waals surface area (Å²) < 4.78 is 19.7. The molecule has 156 valence electrons. The van der Waals surface area contributed by atoms with Crippen molar-refractivity contribution in [1.82, 2.24) is 15.0 Å². The molecule has 0 bridgehead atoms. The summed E-state index contributed by atoms with van der Waals surface area (Å²) in [5, 5.41) is 4.13. The number of hydrogen-bond donors (Lipinski definition) is 0. The number of ketones is 1. The van der Waals surface area contributed by atoms with Crippen molar-refractivity contribution < 1.29 is 13.7 Å². The smallest absolute Gasteiger partial charge is 0.244 e. The molecule has 0 radical (unpaired) electrons. The van der Waals surface area contributed by atoms with Gasteiger partial charge in [-0.3, -0.25) is 9.69 Å². The highest BCUT2D eigenvalue weighted by Crippen LogP contribution is 2.28. The molecule has 0 amide bonds. The van der Waals surface area contributed by atoms with Crippen LogP contribution in [0.3, 0.4) is 0 Å². The maximum Gasteiger partial charge on any atom is 0.244 e. The van der Waals surface area contributed by atoms with E-state index in [4.69, 9.17) is 4.52 Å². The van der Waals surface area contributed by atoms with Crippen LogP contribution in [0.4, 0.5) is 10.1 Å². The molecular weight excluding hydrogens is 383 g/mol. The van der Waals surface area contributed by atoms with Crippen LogP contribution in [0.2, 0.25) is 0 Å². The van der Waals surface area contributed by atoms with Crippen molar-refractivity contribution in [2.45, 2.75) is 26.8 Å². The first-order valence-corrected chi connectivity index (χ1v) is 10.1. The lowest BCUT2D eigenvalue weighted by molar-refractivity contribution is 0.101. The maximum absolute atomic E-state index is 14.2. The molecule has 0 spiro atoms. The molecule has 1 aliphatic rings. The zero-order chi connectivity index (χ0) is 21.3. The van der Waals surface area contributed by atoms with E-state index in [9.17, 15) is 9.18 Å². The molecule has 1 saturated heterocycles. The first-order valence-electron chi connectivity index (χ1n) is 10.1. The van der Waals surface area contributed by atoms with Gasteiger partial charge in [0.1, 0.15) is 5.82 Å². The number of benzene rings is 2. The highest BCUT2D eigenvalue weighted by Gasteiger charge is 2.28. The van der Waals surface area contributed by atoms with E-state index in [2.05, 4.69) is 19.9 Å². The van der Waals surface area contributed by atoms with E-state index in [1.54, 1.807) is 6.07 Å². The number of nitrogens with zero attached hydrogens (tertiary/aromatic N) is 4. The van der Waals surface area contributed by atoms with Crippen LogP contribution in [0.15, 0.2) is 47.0 Å². The van der Waals surface area contributed by atoms with E-state index in [0.717, 1.165) is 18.7 Å². The lowest BCUT2D eigenvalue weighted by atomic mass is 10.1. The van der Waals surface area contributed by atoms with E-state index in [-0.39, 0.29) is 17.4 Å². The molecule has 2 heterocycles. The summed E-state index contributed by atoms with van der Waals surface area (Å²) in [6, 6.07) is 12.8. The Bertz CT molecular complexity index is 1040. The topological polar surface area (TPSA) is 62.5 Å². The summed E-state index contributed by atoms with van der Waals surface area (Å²) in [7, 11) is 0. The van der Waals surface area contributed by atoms with Gasteiger partial charge in [0.05, 0.1) is 17.3 Å². The molecule has 6 nitrogen and oxygen atoms in total. The van der Waals surface area contributed by atoms with Gasteiger partial charge in [-0.05, 0) is 32.9 Å². The standard InChI is InChI=1S/C23H25FN4O2/c1-15-7-9-18(10-8-15)22-25-23(30-26-22)16(2)27-11-13-28(14-12-27)20-6-4-5-19(24)21(20)17(3)29/h4-10,16H,11-14H2,1-3H3. The van der Waals surface area contributed by atoms with Gasteiger partial charge in [-0.15, -0.1) is 0 Å². The van der Waals surface area contributed by atoms with Gasteiger partial charge < -0.3 is 9.42 Å². The van der Waals surface area contributed by atoms with Crippen molar-refractivity contribution in [1.29, 1.82) is 0 Å². The zero-order valence-corrected chi connectivity index (χ0v) is 17.4. The van der Waals surface area contributed by atoms with Crippen LogP contribution < -0.4 is 4.90 Å². The number of carbonyl (C=O) groups is 1. The Morgan fingerprint density at radius 3 is 2.47 bits per heavy atom. The molecule has 1 aliphatic heterocycles. The summed E-state index contributed by atoms with van der Waals surface area (Å²) in [5.41, 5.74) is 2.93. The van der Waals surface area contributed by atoms with Crippen molar-refractivity contribution in [3.8, 4) is 11.4 Å². The van der Waals surface area contributed by atoms with Crippen LogP contribution in [-0.4, -0.2) is 47.0 Å². The Labute approximate surface area is 175 Å². The summed E-state index contributed by atoms with van der Waals surface area (Å²) in [6.45, 7) is 8.36. The molecule has 2 aromatic carbocycles. The minimum absolute atomic E-state index is 0.0290. The molecule has 3 aromatic rings. The van der Waals surface area contributed by atoms with Crippen molar-refractivity contribution in [3.63, 3.8) is 0 Å². The van der Waals surface area contributed by atoms with Crippen LogP contribution in [0.25, 0.3) is 11.4 Å². The molecule has 7 heteroatoms. The number of aryl methyl sites for hydroxylation is 1. The highest BCUT2D eigenvalue weighted by molar-refractivity contribution is 6.00. The van der Waals surface area contributed by atoms with E-state index < -0.39 is 5.82 Å². The lowest BCUT2D eigenvalue weighted by Crippen LogP contribution is -2.47. The Hall–Kier alpha value is -3.06. The molecule has 0 saturated carbocycles. The normalized spacial score (nSPS) is 15.9. The Balaban J connectivity index is 1.44. The predicted molar refractivity (Wildman–Crippen MR) is 113 cm³/mol. The van der Waals surface area contributed by atoms with E-state index >= 15 is 0 Å². The summed E-state index contributed by atoms with van der Waals surface area (Å²) in [6.07, 6.45) is 0. The van der Waals surface area contributed by atoms with Gasteiger partial charge in [0.25, 0.3) is 0 Å². The van der Waals surface area contributed by atoms with Crippen molar-refractivity contribution in [2.24, 2.45) is 0 Å². The van der Waals surface area contributed by atoms with Crippen LogP contribution in [0.1, 0.15) is 41.7 Å². The minimum Gasteiger partial charge on any atom is -0.368 e. The molecule has 1 atom stereocenters. The number of hydrogen-bond acceptors (Lipinski definition) is 6. The van der Waals surface area contributed by atoms with Gasteiger partial charge in [-0.25, -0.2) is 4.39 Å². The van der Waals surface area contributed by atoms with Gasteiger partial charge in [-0.1, -0.05) is 41.1 Å². The molecule has 0 N–H and O–H groups in total. The number of Topliss-reactive ketones (excluding diaryl/α,β-unsaturated/α-hetero) is 1. The predicted octanol–water partition coefficient (Wildman–Crippen LogP) is 4.27. The third kappa shape index (κ3) is 3.98. The molecule has 1 fully saturated rings. The largest absolute Gasteiger partial charge is 0.368 e. The number of aromatic nitrogens is 2. The van der Waals surface area contributed by atoms with Gasteiger partial charge in [-0.2, -0.15) is 4.98 Å². The number of carbonyl (C=O) groups excluding carboxylic acids is 1. The Morgan fingerprint density at radius 2 is 1.80 bits per heavy atom. The van der Waals surface area contributed by atoms with Gasteiger partial charge in [0, 0.05) is 31.7 Å². The molecule has 0 aliphatic carbocycles. The van der Waals surface area contributed by atoms with Crippen LogP contribution in [-0.2, 0) is 0 Å². The van der Waals surface area contributed by atoms with E-state index in [1.165, 1.54) is 18.6 Å². The van der Waals surface area contributed by atoms with Crippen LogP contribution in [0.5, 0.6) is 0 Å². The maximum atomic E-state index is 14.2. The quantitative estimate of drug-likeness (QED) is 0.588. The summed E-state index contributed by atoms with van der Waals surface area (Å²) in [5.74, 6) is 0.439. The van der Waals surface area contributed by atoms with Gasteiger partial charge in [0.15, 0.2) is 5.78 Å². The third-order valence-electron chi connectivity index (χ3n) is 5.66. The highest BCUT2D eigenvalue weighted by atomic mass is 19.1.